The van der Waals surface area contributed by atoms with Crippen LogP contribution in [-0.4, -0.2) is 4.92 Å². The van der Waals surface area contributed by atoms with E-state index in [1.54, 1.807) is 36.4 Å². The molecule has 0 saturated carbocycles. The second kappa shape index (κ2) is 7.89. The first-order valence-corrected chi connectivity index (χ1v) is 8.40. The summed E-state index contributed by atoms with van der Waals surface area (Å²) < 4.78 is 5.75. The lowest BCUT2D eigenvalue weighted by Crippen LogP contribution is -2.03. The summed E-state index contributed by atoms with van der Waals surface area (Å²) in [5.74, 6) is 1.41. The Balaban J connectivity index is 1.65. The van der Waals surface area contributed by atoms with Crippen molar-refractivity contribution in [1.29, 1.82) is 0 Å². The normalized spacial score (nSPS) is 10.4. The van der Waals surface area contributed by atoms with Crippen molar-refractivity contribution >= 4 is 23.0 Å². The monoisotopic (exact) mass is 368 g/mol. The molecule has 0 aliphatic rings. The van der Waals surface area contributed by atoms with Crippen molar-refractivity contribution in [3.8, 4) is 11.5 Å². The van der Waals surface area contributed by atoms with Gasteiger partial charge in [0.2, 0.25) is 0 Å². The zero-order valence-electron chi connectivity index (χ0n) is 14.1. The van der Waals surface area contributed by atoms with E-state index in [0.717, 1.165) is 11.1 Å². The molecule has 132 valence electrons. The third-order valence-electron chi connectivity index (χ3n) is 3.80. The molecule has 6 heteroatoms. The van der Waals surface area contributed by atoms with Gasteiger partial charge >= 0.3 is 0 Å². The fraction of sp³-hybridized carbons (Fsp3) is 0.100. The number of halogens is 1. The highest BCUT2D eigenvalue weighted by Gasteiger charge is 2.13. The molecule has 0 amide bonds. The molecule has 3 rings (SSSR count). The van der Waals surface area contributed by atoms with Crippen molar-refractivity contribution in [3.05, 3.63) is 93.0 Å². The van der Waals surface area contributed by atoms with Gasteiger partial charge in [-0.15, -0.1) is 0 Å². The Morgan fingerprint density at radius 2 is 1.62 bits per heavy atom. The third kappa shape index (κ3) is 4.52. The van der Waals surface area contributed by atoms with Gasteiger partial charge in [-0.05, 0) is 60.5 Å². The second-order valence-electron chi connectivity index (χ2n) is 5.83. The first kappa shape index (κ1) is 17.8. The van der Waals surface area contributed by atoms with E-state index in [2.05, 4.69) is 5.32 Å². The molecule has 0 atom stereocenters. The summed E-state index contributed by atoms with van der Waals surface area (Å²) in [6.45, 7) is 2.38. The molecular weight excluding hydrogens is 352 g/mol. The summed E-state index contributed by atoms with van der Waals surface area (Å²) in [5.41, 5.74) is 2.53. The average molecular weight is 369 g/mol. The van der Waals surface area contributed by atoms with E-state index in [-0.39, 0.29) is 10.6 Å². The molecule has 1 N–H and O–H groups in total. The molecule has 0 saturated heterocycles. The largest absolute Gasteiger partial charge is 0.457 e. The molecule has 0 heterocycles. The molecule has 0 bridgehead atoms. The number of hydrogen-bond acceptors (Lipinski definition) is 4. The number of nitrogens with one attached hydrogen (secondary N) is 1. The number of hydrogen-bond donors (Lipinski definition) is 1. The van der Waals surface area contributed by atoms with Crippen LogP contribution in [-0.2, 0) is 6.54 Å². The smallest absolute Gasteiger partial charge is 0.292 e. The molecule has 0 aliphatic heterocycles. The van der Waals surface area contributed by atoms with Crippen LogP contribution in [0.1, 0.15) is 11.1 Å². The van der Waals surface area contributed by atoms with Gasteiger partial charge in [0.1, 0.15) is 17.2 Å². The summed E-state index contributed by atoms with van der Waals surface area (Å²) in [6, 6.07) is 19.7. The molecule has 0 aliphatic carbocycles. The zero-order valence-corrected chi connectivity index (χ0v) is 14.9. The number of anilines is 1. The van der Waals surface area contributed by atoms with Gasteiger partial charge in [0.25, 0.3) is 5.69 Å². The number of benzene rings is 3. The highest BCUT2D eigenvalue weighted by atomic mass is 35.5. The number of nitro benzene ring substituents is 1. The van der Waals surface area contributed by atoms with E-state index in [9.17, 15) is 10.1 Å². The van der Waals surface area contributed by atoms with E-state index in [4.69, 9.17) is 16.3 Å². The van der Waals surface area contributed by atoms with Gasteiger partial charge in [0.15, 0.2) is 0 Å². The van der Waals surface area contributed by atoms with Gasteiger partial charge in [-0.3, -0.25) is 10.1 Å². The zero-order chi connectivity index (χ0) is 18.5. The van der Waals surface area contributed by atoms with Crippen LogP contribution in [0.5, 0.6) is 11.5 Å². The van der Waals surface area contributed by atoms with Crippen LogP contribution in [0.15, 0.2) is 66.7 Å². The number of ether oxygens (including phenoxy) is 1. The van der Waals surface area contributed by atoms with Crippen molar-refractivity contribution in [2.75, 3.05) is 5.32 Å². The van der Waals surface area contributed by atoms with Gasteiger partial charge in [0.05, 0.1) is 4.92 Å². The number of nitro groups is 1. The second-order valence-corrected chi connectivity index (χ2v) is 6.27. The Morgan fingerprint density at radius 3 is 2.23 bits per heavy atom. The van der Waals surface area contributed by atoms with Crippen LogP contribution in [0, 0.1) is 17.0 Å². The Hall–Kier alpha value is -3.05. The SMILES string of the molecule is Cc1ccc([N+](=O)[O-])c(NCc2ccc(Oc3ccc(Cl)cc3)cc2)c1. The fourth-order valence-corrected chi connectivity index (χ4v) is 2.59. The Kier molecular flexibility index (Phi) is 5.39. The first-order valence-electron chi connectivity index (χ1n) is 8.02. The topological polar surface area (TPSA) is 64.4 Å². The maximum absolute atomic E-state index is 11.1. The van der Waals surface area contributed by atoms with E-state index in [0.29, 0.717) is 28.8 Å². The van der Waals surface area contributed by atoms with Crippen LogP contribution in [0.3, 0.4) is 0 Å². The molecular formula is C20H17ClN2O3. The van der Waals surface area contributed by atoms with Crippen LogP contribution in [0.4, 0.5) is 11.4 Å². The van der Waals surface area contributed by atoms with Crippen molar-refractivity contribution in [2.45, 2.75) is 13.5 Å². The predicted octanol–water partition coefficient (Wildman–Crippen LogP) is 5.96. The van der Waals surface area contributed by atoms with Gasteiger partial charge in [0, 0.05) is 17.6 Å². The van der Waals surface area contributed by atoms with Gasteiger partial charge in [-0.2, -0.15) is 0 Å². The minimum Gasteiger partial charge on any atom is -0.457 e. The molecule has 3 aromatic rings. The van der Waals surface area contributed by atoms with E-state index >= 15 is 0 Å². The summed E-state index contributed by atoms with van der Waals surface area (Å²) in [4.78, 5) is 10.7. The van der Waals surface area contributed by atoms with E-state index in [1.165, 1.54) is 6.07 Å². The van der Waals surface area contributed by atoms with Crippen molar-refractivity contribution in [3.63, 3.8) is 0 Å². The number of aryl methyl sites for hydroxylation is 1. The summed E-state index contributed by atoms with van der Waals surface area (Å²) >= 11 is 5.86. The minimum absolute atomic E-state index is 0.0679. The molecule has 26 heavy (non-hydrogen) atoms. The summed E-state index contributed by atoms with van der Waals surface area (Å²) in [7, 11) is 0. The number of nitrogens with zero attached hydrogens (tertiary/aromatic N) is 1. The molecule has 3 aromatic carbocycles. The summed E-state index contributed by atoms with van der Waals surface area (Å²) in [6.07, 6.45) is 0. The lowest BCUT2D eigenvalue weighted by Gasteiger charge is -2.10. The molecule has 5 nitrogen and oxygen atoms in total. The average Bonchev–Trinajstić information content (AvgIpc) is 2.63. The summed E-state index contributed by atoms with van der Waals surface area (Å²) in [5, 5.41) is 14.9. The van der Waals surface area contributed by atoms with Crippen molar-refractivity contribution in [1.82, 2.24) is 0 Å². The molecule has 0 fully saturated rings. The van der Waals surface area contributed by atoms with Gasteiger partial charge in [-0.25, -0.2) is 0 Å². The maximum atomic E-state index is 11.1. The first-order chi connectivity index (χ1) is 12.5. The quantitative estimate of drug-likeness (QED) is 0.430. The fourth-order valence-electron chi connectivity index (χ4n) is 2.46. The highest BCUT2D eigenvalue weighted by Crippen LogP contribution is 2.27. The molecule has 0 radical (unpaired) electrons. The predicted molar refractivity (Wildman–Crippen MR) is 103 cm³/mol. The molecule has 0 spiro atoms. The Morgan fingerprint density at radius 1 is 1.00 bits per heavy atom. The minimum atomic E-state index is -0.384. The maximum Gasteiger partial charge on any atom is 0.292 e. The lowest BCUT2D eigenvalue weighted by molar-refractivity contribution is -0.384. The van der Waals surface area contributed by atoms with Gasteiger partial charge < -0.3 is 10.1 Å². The van der Waals surface area contributed by atoms with Gasteiger partial charge in [-0.1, -0.05) is 29.8 Å². The Bertz CT molecular complexity index is 909. The Labute approximate surface area is 156 Å². The van der Waals surface area contributed by atoms with Crippen molar-refractivity contribution in [2.24, 2.45) is 0 Å². The van der Waals surface area contributed by atoms with Crippen molar-refractivity contribution < 1.29 is 9.66 Å². The molecule has 0 unspecified atom stereocenters. The highest BCUT2D eigenvalue weighted by molar-refractivity contribution is 6.30. The lowest BCUT2D eigenvalue weighted by atomic mass is 10.1. The standard InChI is InChI=1S/C20H17ClN2O3/c1-14-2-11-20(23(24)25)19(12-14)22-13-15-3-7-17(8-4-15)26-18-9-5-16(21)6-10-18/h2-12,22H,13H2,1H3. The van der Waals surface area contributed by atoms with Crippen LogP contribution in [0.25, 0.3) is 0 Å². The van der Waals surface area contributed by atoms with Crippen LogP contribution < -0.4 is 10.1 Å². The number of rotatable bonds is 6. The molecule has 0 aromatic heterocycles. The third-order valence-corrected chi connectivity index (χ3v) is 4.06. The van der Waals surface area contributed by atoms with Crippen LogP contribution >= 0.6 is 11.6 Å². The van der Waals surface area contributed by atoms with Crippen LogP contribution in [0.2, 0.25) is 5.02 Å². The van der Waals surface area contributed by atoms with E-state index < -0.39 is 0 Å². The van der Waals surface area contributed by atoms with E-state index in [1.807, 2.05) is 31.2 Å².